The minimum absolute atomic E-state index is 0.110. The lowest BCUT2D eigenvalue weighted by atomic mass is 10.1. The molecule has 0 aromatic heterocycles. The molecule has 0 fully saturated rings. The van der Waals surface area contributed by atoms with Gasteiger partial charge < -0.3 is 9.84 Å². The largest absolute Gasteiger partial charge is 0.481 e. The van der Waals surface area contributed by atoms with Gasteiger partial charge >= 0.3 is 12.6 Å². The number of carboxylic acids is 1. The van der Waals surface area contributed by atoms with Gasteiger partial charge in [-0.05, 0) is 22.0 Å². The summed E-state index contributed by atoms with van der Waals surface area (Å²) >= 11 is 2.72. The normalized spacial score (nSPS) is 10.6. The predicted molar refractivity (Wildman–Crippen MR) is 52.1 cm³/mol. The fraction of sp³-hybridized carbons (Fsp3) is 0.222. The molecule has 16 heavy (non-hydrogen) atoms. The van der Waals surface area contributed by atoms with Crippen LogP contribution in [0, 0.1) is 5.82 Å². The van der Waals surface area contributed by atoms with Crippen LogP contribution in [0.3, 0.4) is 0 Å². The summed E-state index contributed by atoms with van der Waals surface area (Å²) in [5.74, 6) is -2.50. The fourth-order valence-electron chi connectivity index (χ4n) is 1.06. The van der Waals surface area contributed by atoms with Gasteiger partial charge in [0.2, 0.25) is 0 Å². The smallest absolute Gasteiger partial charge is 0.387 e. The van der Waals surface area contributed by atoms with Gasteiger partial charge in [-0.25, -0.2) is 4.39 Å². The summed E-state index contributed by atoms with van der Waals surface area (Å²) in [6.45, 7) is -3.07. The highest BCUT2D eigenvalue weighted by Crippen LogP contribution is 2.31. The van der Waals surface area contributed by atoms with E-state index in [1.54, 1.807) is 0 Å². The van der Waals surface area contributed by atoms with Crippen molar-refractivity contribution in [3.8, 4) is 5.75 Å². The van der Waals surface area contributed by atoms with E-state index in [0.717, 1.165) is 12.1 Å². The first kappa shape index (κ1) is 12.8. The van der Waals surface area contributed by atoms with Gasteiger partial charge in [-0.15, -0.1) is 0 Å². The number of hydrogen-bond acceptors (Lipinski definition) is 2. The first-order valence-corrected chi connectivity index (χ1v) is 4.84. The van der Waals surface area contributed by atoms with Gasteiger partial charge in [0.1, 0.15) is 11.6 Å². The van der Waals surface area contributed by atoms with Crippen molar-refractivity contribution in [3.05, 3.63) is 28.0 Å². The maximum atomic E-state index is 13.4. The van der Waals surface area contributed by atoms with Crippen LogP contribution in [0.15, 0.2) is 16.6 Å². The van der Waals surface area contributed by atoms with Gasteiger partial charge in [0, 0.05) is 5.56 Å². The molecule has 0 atom stereocenters. The molecule has 1 aromatic rings. The van der Waals surface area contributed by atoms with E-state index in [2.05, 4.69) is 20.7 Å². The second kappa shape index (κ2) is 5.20. The van der Waals surface area contributed by atoms with Crippen LogP contribution in [0.2, 0.25) is 0 Å². The van der Waals surface area contributed by atoms with Crippen molar-refractivity contribution in [2.75, 3.05) is 0 Å². The maximum absolute atomic E-state index is 13.4. The molecule has 88 valence electrons. The maximum Gasteiger partial charge on any atom is 0.387 e. The van der Waals surface area contributed by atoms with Gasteiger partial charge in [0.15, 0.2) is 0 Å². The number of alkyl halides is 2. The molecule has 0 saturated carbocycles. The Balaban J connectivity index is 3.03. The van der Waals surface area contributed by atoms with Crippen molar-refractivity contribution in [2.45, 2.75) is 13.0 Å². The Hall–Kier alpha value is -1.24. The Morgan fingerprint density at radius 2 is 2.12 bits per heavy atom. The fourth-order valence-corrected chi connectivity index (χ4v) is 1.54. The number of halogens is 4. The number of carbonyl (C=O) groups is 1. The van der Waals surface area contributed by atoms with Crippen molar-refractivity contribution in [2.24, 2.45) is 0 Å². The molecule has 0 aliphatic rings. The van der Waals surface area contributed by atoms with Crippen molar-refractivity contribution >= 4 is 21.9 Å². The van der Waals surface area contributed by atoms with Gasteiger partial charge in [-0.1, -0.05) is 6.07 Å². The Kier molecular flexibility index (Phi) is 4.17. The van der Waals surface area contributed by atoms with Crippen molar-refractivity contribution in [1.82, 2.24) is 0 Å². The average Bonchev–Trinajstić information content (AvgIpc) is 2.16. The molecule has 1 N–H and O–H groups in total. The molecule has 7 heteroatoms. The zero-order valence-electron chi connectivity index (χ0n) is 7.71. The zero-order valence-corrected chi connectivity index (χ0v) is 9.30. The van der Waals surface area contributed by atoms with E-state index in [0.29, 0.717) is 0 Å². The summed E-state index contributed by atoms with van der Waals surface area (Å²) < 4.78 is 40.9. The topological polar surface area (TPSA) is 46.5 Å². The number of rotatable bonds is 4. The van der Waals surface area contributed by atoms with Crippen molar-refractivity contribution in [1.29, 1.82) is 0 Å². The van der Waals surface area contributed by atoms with E-state index in [4.69, 9.17) is 5.11 Å². The lowest BCUT2D eigenvalue weighted by Crippen LogP contribution is -2.06. The molecule has 0 aliphatic carbocycles. The minimum Gasteiger partial charge on any atom is -0.481 e. The number of benzene rings is 1. The van der Waals surface area contributed by atoms with Gasteiger partial charge in [0.05, 0.1) is 10.9 Å². The van der Waals surface area contributed by atoms with Gasteiger partial charge in [-0.2, -0.15) is 8.78 Å². The van der Waals surface area contributed by atoms with Crippen LogP contribution < -0.4 is 4.74 Å². The number of ether oxygens (including phenoxy) is 1. The Morgan fingerprint density at radius 3 is 2.62 bits per heavy atom. The summed E-state index contributed by atoms with van der Waals surface area (Å²) in [6, 6.07) is 2.17. The minimum atomic E-state index is -3.07. The van der Waals surface area contributed by atoms with Crippen LogP contribution in [0.5, 0.6) is 5.75 Å². The molecule has 1 aromatic carbocycles. The molecule has 0 unspecified atom stereocenters. The lowest BCUT2D eigenvalue weighted by Gasteiger charge is -2.09. The van der Waals surface area contributed by atoms with Crippen LogP contribution >= 0.6 is 15.9 Å². The SMILES string of the molecule is O=C(O)Cc1ccc(OC(F)F)c(Br)c1F. The van der Waals surface area contributed by atoms with E-state index >= 15 is 0 Å². The molecule has 0 heterocycles. The number of carboxylic acid groups (broad SMARTS) is 1. The first-order chi connectivity index (χ1) is 7.41. The molecule has 0 amide bonds. The van der Waals surface area contributed by atoms with E-state index in [1.807, 2.05) is 0 Å². The summed E-state index contributed by atoms with van der Waals surface area (Å²) in [7, 11) is 0. The van der Waals surface area contributed by atoms with E-state index in [9.17, 15) is 18.0 Å². The predicted octanol–water partition coefficient (Wildman–Crippen LogP) is 2.82. The molecule has 0 bridgehead atoms. The Labute approximate surface area is 97.0 Å². The van der Waals surface area contributed by atoms with Crippen molar-refractivity contribution in [3.63, 3.8) is 0 Å². The summed E-state index contributed by atoms with van der Waals surface area (Å²) in [5.41, 5.74) is -0.110. The van der Waals surface area contributed by atoms with Crippen LogP contribution in [0.4, 0.5) is 13.2 Å². The third kappa shape index (κ3) is 3.13. The molecule has 0 radical (unpaired) electrons. The lowest BCUT2D eigenvalue weighted by molar-refractivity contribution is -0.136. The molecular formula is C9H6BrF3O3. The number of aliphatic carboxylic acids is 1. The van der Waals surface area contributed by atoms with Gasteiger partial charge in [-0.3, -0.25) is 4.79 Å². The summed E-state index contributed by atoms with van der Waals surface area (Å²) in [4.78, 5) is 10.4. The van der Waals surface area contributed by atoms with Crippen LogP contribution in [-0.4, -0.2) is 17.7 Å². The van der Waals surface area contributed by atoms with Crippen LogP contribution in [0.25, 0.3) is 0 Å². The molecule has 0 aliphatic heterocycles. The standard InChI is InChI=1S/C9H6BrF3O3/c10-7-5(16-9(12)13)2-1-4(8(7)11)3-6(14)15/h1-2,9H,3H2,(H,14,15). The molecule has 0 spiro atoms. The monoisotopic (exact) mass is 298 g/mol. The third-order valence-corrected chi connectivity index (χ3v) is 2.42. The number of hydrogen-bond donors (Lipinski definition) is 1. The average molecular weight is 299 g/mol. The quantitative estimate of drug-likeness (QED) is 0.930. The molecule has 0 saturated heterocycles. The summed E-state index contributed by atoms with van der Waals surface area (Å²) in [6.07, 6.45) is -0.528. The zero-order chi connectivity index (χ0) is 12.3. The highest BCUT2D eigenvalue weighted by atomic mass is 79.9. The Bertz CT molecular complexity index is 409. The highest BCUT2D eigenvalue weighted by Gasteiger charge is 2.16. The molecule has 3 nitrogen and oxygen atoms in total. The first-order valence-electron chi connectivity index (χ1n) is 4.05. The van der Waals surface area contributed by atoms with Gasteiger partial charge in [0.25, 0.3) is 0 Å². The summed E-state index contributed by atoms with van der Waals surface area (Å²) in [5, 5.41) is 8.46. The molecular weight excluding hydrogens is 293 g/mol. The Morgan fingerprint density at radius 1 is 1.50 bits per heavy atom. The third-order valence-electron chi connectivity index (χ3n) is 1.68. The molecule has 1 rings (SSSR count). The van der Waals surface area contributed by atoms with E-state index in [1.165, 1.54) is 0 Å². The van der Waals surface area contributed by atoms with Crippen LogP contribution in [0.1, 0.15) is 5.56 Å². The van der Waals surface area contributed by atoms with Crippen LogP contribution in [-0.2, 0) is 11.2 Å². The second-order valence-electron chi connectivity index (χ2n) is 2.80. The highest BCUT2D eigenvalue weighted by molar-refractivity contribution is 9.10. The second-order valence-corrected chi connectivity index (χ2v) is 3.59. The van der Waals surface area contributed by atoms with E-state index < -0.39 is 24.8 Å². The van der Waals surface area contributed by atoms with E-state index in [-0.39, 0.29) is 15.8 Å². The van der Waals surface area contributed by atoms with Crippen molar-refractivity contribution < 1.29 is 27.8 Å².